The summed E-state index contributed by atoms with van der Waals surface area (Å²) < 4.78 is 13.7. The highest BCUT2D eigenvalue weighted by molar-refractivity contribution is 5.47. The molecule has 0 N–H and O–H groups in total. The fourth-order valence-corrected chi connectivity index (χ4v) is 2.99. The highest BCUT2D eigenvalue weighted by atomic mass is 19.1. The van der Waals surface area contributed by atoms with Gasteiger partial charge in [-0.25, -0.2) is 4.39 Å². The second kappa shape index (κ2) is 5.27. The molecule has 1 aromatic rings. The van der Waals surface area contributed by atoms with E-state index in [0.29, 0.717) is 0 Å². The molecular formula is C15H21FN2. The van der Waals surface area contributed by atoms with E-state index in [0.717, 1.165) is 24.7 Å². The van der Waals surface area contributed by atoms with E-state index in [9.17, 15) is 4.39 Å². The number of likely N-dealkylation sites (tertiary alicyclic amines) is 1. The smallest absolute Gasteiger partial charge is 0.146 e. The molecule has 2 aliphatic heterocycles. The van der Waals surface area contributed by atoms with Gasteiger partial charge >= 0.3 is 0 Å². The van der Waals surface area contributed by atoms with Crippen molar-refractivity contribution in [3.63, 3.8) is 0 Å². The number of hydrogen-bond acceptors (Lipinski definition) is 2. The first-order valence-electron chi connectivity index (χ1n) is 7.05. The van der Waals surface area contributed by atoms with Crippen molar-refractivity contribution in [2.75, 3.05) is 37.6 Å². The number of nitrogens with zero attached hydrogens (tertiary/aromatic N) is 2. The lowest BCUT2D eigenvalue weighted by Gasteiger charge is -2.39. The van der Waals surface area contributed by atoms with Crippen LogP contribution in [0.25, 0.3) is 0 Å². The minimum Gasteiger partial charge on any atom is -0.369 e. The van der Waals surface area contributed by atoms with E-state index < -0.39 is 0 Å². The lowest BCUT2D eigenvalue weighted by atomic mass is 9.94. The second-order valence-electron chi connectivity index (χ2n) is 5.54. The Hall–Kier alpha value is -1.09. The highest BCUT2D eigenvalue weighted by Gasteiger charge is 2.24. The predicted octanol–water partition coefficient (Wildman–Crippen LogP) is 2.75. The summed E-state index contributed by atoms with van der Waals surface area (Å²) in [6.07, 6.45) is 3.77. The van der Waals surface area contributed by atoms with Crippen molar-refractivity contribution in [3.05, 3.63) is 30.1 Å². The third-order valence-corrected chi connectivity index (χ3v) is 4.27. The molecule has 0 amide bonds. The van der Waals surface area contributed by atoms with E-state index in [2.05, 4.69) is 9.80 Å². The minimum absolute atomic E-state index is 0.0845. The Balaban J connectivity index is 1.54. The van der Waals surface area contributed by atoms with Crippen LogP contribution in [0.5, 0.6) is 0 Å². The number of piperidine rings is 1. The van der Waals surface area contributed by atoms with Crippen LogP contribution in [-0.2, 0) is 0 Å². The Kier molecular flexibility index (Phi) is 3.50. The van der Waals surface area contributed by atoms with Gasteiger partial charge in [-0.3, -0.25) is 0 Å². The van der Waals surface area contributed by atoms with Gasteiger partial charge in [0.1, 0.15) is 5.82 Å². The van der Waals surface area contributed by atoms with Crippen LogP contribution in [0.1, 0.15) is 19.3 Å². The molecule has 0 aliphatic carbocycles. The lowest BCUT2D eigenvalue weighted by molar-refractivity contribution is 0.141. The van der Waals surface area contributed by atoms with Crippen LogP contribution in [0.2, 0.25) is 0 Å². The van der Waals surface area contributed by atoms with Gasteiger partial charge in [-0.05, 0) is 50.4 Å². The van der Waals surface area contributed by atoms with E-state index in [1.54, 1.807) is 12.1 Å². The molecule has 0 radical (unpaired) electrons. The average Bonchev–Trinajstić information content (AvgIpc) is 2.35. The standard InChI is InChI=1S/C15H21FN2/c16-14-4-1-2-5-15(14)18-10-6-13(7-11-18)12-17-8-3-9-17/h1-2,4-5,13H,3,6-12H2. The number of rotatable bonds is 3. The number of anilines is 1. The molecule has 2 saturated heterocycles. The van der Waals surface area contributed by atoms with Crippen molar-refractivity contribution < 1.29 is 4.39 Å². The molecule has 3 rings (SSSR count). The molecule has 2 heterocycles. The molecule has 2 nitrogen and oxygen atoms in total. The molecule has 98 valence electrons. The van der Waals surface area contributed by atoms with Crippen molar-refractivity contribution in [2.45, 2.75) is 19.3 Å². The predicted molar refractivity (Wildman–Crippen MR) is 72.4 cm³/mol. The Bertz CT molecular complexity index is 395. The highest BCUT2D eigenvalue weighted by Crippen LogP contribution is 2.26. The van der Waals surface area contributed by atoms with Gasteiger partial charge in [-0.1, -0.05) is 12.1 Å². The van der Waals surface area contributed by atoms with Gasteiger partial charge in [0.2, 0.25) is 0 Å². The first-order valence-corrected chi connectivity index (χ1v) is 7.05. The summed E-state index contributed by atoms with van der Waals surface area (Å²) >= 11 is 0. The van der Waals surface area contributed by atoms with Crippen molar-refractivity contribution in [3.8, 4) is 0 Å². The first kappa shape index (κ1) is 12.0. The summed E-state index contributed by atoms with van der Waals surface area (Å²) in [6, 6.07) is 7.13. The second-order valence-corrected chi connectivity index (χ2v) is 5.54. The van der Waals surface area contributed by atoms with Crippen LogP contribution in [-0.4, -0.2) is 37.6 Å². The third kappa shape index (κ3) is 2.51. The van der Waals surface area contributed by atoms with Crippen molar-refractivity contribution in [1.29, 1.82) is 0 Å². The Morgan fingerprint density at radius 1 is 1.06 bits per heavy atom. The summed E-state index contributed by atoms with van der Waals surface area (Å²) in [5.74, 6) is 0.729. The molecule has 0 atom stereocenters. The molecule has 0 spiro atoms. The van der Waals surface area contributed by atoms with Crippen molar-refractivity contribution in [2.24, 2.45) is 5.92 Å². The Morgan fingerprint density at radius 2 is 1.78 bits per heavy atom. The summed E-state index contributed by atoms with van der Waals surface area (Å²) in [5, 5.41) is 0. The number of hydrogen-bond donors (Lipinski definition) is 0. The van der Waals surface area contributed by atoms with E-state index in [1.807, 2.05) is 12.1 Å². The van der Waals surface area contributed by atoms with Crippen LogP contribution >= 0.6 is 0 Å². The van der Waals surface area contributed by atoms with E-state index >= 15 is 0 Å². The number of para-hydroxylation sites is 1. The normalized spacial score (nSPS) is 21.9. The largest absolute Gasteiger partial charge is 0.369 e. The molecule has 0 saturated carbocycles. The first-order chi connectivity index (χ1) is 8.83. The topological polar surface area (TPSA) is 6.48 Å². The van der Waals surface area contributed by atoms with Gasteiger partial charge in [-0.15, -0.1) is 0 Å². The molecule has 1 aromatic carbocycles. The molecule has 3 heteroatoms. The van der Waals surface area contributed by atoms with Crippen LogP contribution in [0, 0.1) is 11.7 Å². The quantitative estimate of drug-likeness (QED) is 0.811. The average molecular weight is 248 g/mol. The summed E-state index contributed by atoms with van der Waals surface area (Å²) in [4.78, 5) is 4.74. The van der Waals surface area contributed by atoms with Gasteiger partial charge in [0.15, 0.2) is 0 Å². The zero-order valence-corrected chi connectivity index (χ0v) is 10.8. The Labute approximate surface area is 108 Å². The zero-order valence-electron chi connectivity index (χ0n) is 10.8. The van der Waals surface area contributed by atoms with E-state index in [1.165, 1.54) is 38.9 Å². The fourth-order valence-electron chi connectivity index (χ4n) is 2.99. The summed E-state index contributed by atoms with van der Waals surface area (Å²) in [7, 11) is 0. The number of halogens is 1. The van der Waals surface area contributed by atoms with Crippen LogP contribution in [0.3, 0.4) is 0 Å². The van der Waals surface area contributed by atoms with Crippen LogP contribution in [0.15, 0.2) is 24.3 Å². The van der Waals surface area contributed by atoms with Crippen molar-refractivity contribution >= 4 is 5.69 Å². The van der Waals surface area contributed by atoms with Gasteiger partial charge in [-0.2, -0.15) is 0 Å². The molecule has 2 fully saturated rings. The zero-order chi connectivity index (χ0) is 12.4. The molecule has 18 heavy (non-hydrogen) atoms. The Morgan fingerprint density at radius 3 is 2.39 bits per heavy atom. The van der Waals surface area contributed by atoms with Gasteiger partial charge < -0.3 is 9.80 Å². The molecule has 0 unspecified atom stereocenters. The van der Waals surface area contributed by atoms with Crippen LogP contribution < -0.4 is 4.90 Å². The summed E-state index contributed by atoms with van der Waals surface area (Å²) in [5.41, 5.74) is 0.778. The van der Waals surface area contributed by atoms with Gasteiger partial charge in [0, 0.05) is 19.6 Å². The van der Waals surface area contributed by atoms with E-state index in [-0.39, 0.29) is 5.82 Å². The molecule has 2 aliphatic rings. The third-order valence-electron chi connectivity index (χ3n) is 4.27. The maximum absolute atomic E-state index is 13.7. The van der Waals surface area contributed by atoms with E-state index in [4.69, 9.17) is 0 Å². The SMILES string of the molecule is Fc1ccccc1N1CCC(CN2CCC2)CC1. The summed E-state index contributed by atoms with van der Waals surface area (Å²) in [6.45, 7) is 5.82. The lowest BCUT2D eigenvalue weighted by Crippen LogP contribution is -2.44. The molecule has 0 bridgehead atoms. The van der Waals surface area contributed by atoms with Gasteiger partial charge in [0.25, 0.3) is 0 Å². The van der Waals surface area contributed by atoms with Crippen molar-refractivity contribution in [1.82, 2.24) is 4.90 Å². The monoisotopic (exact) mass is 248 g/mol. The molecular weight excluding hydrogens is 227 g/mol. The van der Waals surface area contributed by atoms with Gasteiger partial charge in [0.05, 0.1) is 5.69 Å². The molecule has 0 aromatic heterocycles. The minimum atomic E-state index is -0.0845. The maximum atomic E-state index is 13.7. The number of benzene rings is 1. The maximum Gasteiger partial charge on any atom is 0.146 e. The van der Waals surface area contributed by atoms with Crippen LogP contribution in [0.4, 0.5) is 10.1 Å². The fraction of sp³-hybridized carbons (Fsp3) is 0.600.